The number of benzene rings is 1. The van der Waals surface area contributed by atoms with Crippen LogP contribution in [-0.2, 0) is 6.61 Å². The maximum atomic E-state index is 10.8. The van der Waals surface area contributed by atoms with E-state index < -0.39 is 5.97 Å². The van der Waals surface area contributed by atoms with Crippen molar-refractivity contribution in [3.63, 3.8) is 0 Å². The largest absolute Gasteiger partial charge is 0.489 e. The Hall–Kier alpha value is -1.75. The molecule has 0 aliphatic carbocycles. The van der Waals surface area contributed by atoms with Crippen LogP contribution < -0.4 is 4.74 Å². The van der Waals surface area contributed by atoms with Gasteiger partial charge in [0.05, 0.1) is 0 Å². The molecule has 0 amide bonds. The van der Waals surface area contributed by atoms with Crippen LogP contribution in [-0.4, -0.2) is 11.1 Å². The third kappa shape index (κ3) is 3.04. The van der Waals surface area contributed by atoms with E-state index in [2.05, 4.69) is 15.9 Å². The predicted octanol–water partition coefficient (Wildman–Crippen LogP) is 4.24. The van der Waals surface area contributed by atoms with Crippen LogP contribution in [0, 0.1) is 20.8 Å². The van der Waals surface area contributed by atoms with Crippen LogP contribution in [0.4, 0.5) is 0 Å². The molecule has 1 N–H and O–H groups in total. The van der Waals surface area contributed by atoms with Crippen molar-refractivity contribution >= 4 is 21.9 Å². The summed E-state index contributed by atoms with van der Waals surface area (Å²) in [6.07, 6.45) is 0. The van der Waals surface area contributed by atoms with Gasteiger partial charge in [-0.25, -0.2) is 4.79 Å². The molecule has 1 aromatic carbocycles. The van der Waals surface area contributed by atoms with E-state index in [1.165, 1.54) is 6.07 Å². The van der Waals surface area contributed by atoms with Gasteiger partial charge < -0.3 is 14.3 Å². The molecule has 4 nitrogen and oxygen atoms in total. The Morgan fingerprint density at radius 3 is 2.35 bits per heavy atom. The predicted molar refractivity (Wildman–Crippen MR) is 78.4 cm³/mol. The number of carbonyl (C=O) groups is 1. The molecule has 0 radical (unpaired) electrons. The first-order valence-corrected chi connectivity index (χ1v) is 6.90. The quantitative estimate of drug-likeness (QED) is 0.905. The Balaban J connectivity index is 2.15. The van der Waals surface area contributed by atoms with Crippen molar-refractivity contribution in [3.05, 3.63) is 50.9 Å². The van der Waals surface area contributed by atoms with Crippen molar-refractivity contribution < 1.29 is 19.1 Å². The van der Waals surface area contributed by atoms with Gasteiger partial charge in [-0.3, -0.25) is 0 Å². The minimum absolute atomic E-state index is 0.0655. The van der Waals surface area contributed by atoms with Crippen LogP contribution in [0.5, 0.6) is 5.75 Å². The van der Waals surface area contributed by atoms with Crippen LogP contribution in [0.15, 0.2) is 27.1 Å². The number of ether oxygens (including phenoxy) is 1. The van der Waals surface area contributed by atoms with Crippen molar-refractivity contribution in [2.24, 2.45) is 0 Å². The number of carboxylic acids is 1. The Labute approximate surface area is 125 Å². The molecule has 0 aliphatic rings. The number of rotatable bonds is 4. The first-order chi connectivity index (χ1) is 9.38. The molecule has 0 atom stereocenters. The molecule has 0 fully saturated rings. The average molecular weight is 339 g/mol. The second kappa shape index (κ2) is 5.71. The zero-order chi connectivity index (χ0) is 14.9. The van der Waals surface area contributed by atoms with Gasteiger partial charge in [-0.2, -0.15) is 0 Å². The first-order valence-electron chi connectivity index (χ1n) is 6.10. The fourth-order valence-corrected chi connectivity index (χ4v) is 2.15. The first kappa shape index (κ1) is 14.7. The topological polar surface area (TPSA) is 59.7 Å². The summed E-state index contributed by atoms with van der Waals surface area (Å²) in [6.45, 7) is 6.00. The zero-order valence-electron chi connectivity index (χ0n) is 11.5. The van der Waals surface area contributed by atoms with Gasteiger partial charge in [-0.15, -0.1) is 0 Å². The molecule has 0 aliphatic heterocycles. The van der Waals surface area contributed by atoms with Gasteiger partial charge >= 0.3 is 5.97 Å². The summed E-state index contributed by atoms with van der Waals surface area (Å²) in [6, 6.07) is 5.37. The second-order valence-electron chi connectivity index (χ2n) is 4.66. The van der Waals surface area contributed by atoms with Gasteiger partial charge in [-0.1, -0.05) is 15.9 Å². The number of carboxylic acid groups (broad SMARTS) is 1. The smallest absolute Gasteiger partial charge is 0.371 e. The molecular weight excluding hydrogens is 324 g/mol. The SMILES string of the molecule is Cc1cc(OCc2cc(C(=O)O)oc2C)cc(C)c1Br. The number of aryl methyl sites for hydroxylation is 3. The van der Waals surface area contributed by atoms with E-state index in [0.29, 0.717) is 5.76 Å². The minimum Gasteiger partial charge on any atom is -0.489 e. The van der Waals surface area contributed by atoms with E-state index in [1.54, 1.807) is 6.92 Å². The highest BCUT2D eigenvalue weighted by Crippen LogP contribution is 2.27. The molecule has 0 saturated carbocycles. The lowest BCUT2D eigenvalue weighted by atomic mass is 10.1. The van der Waals surface area contributed by atoms with Crippen molar-refractivity contribution in [1.82, 2.24) is 0 Å². The van der Waals surface area contributed by atoms with E-state index in [0.717, 1.165) is 26.9 Å². The second-order valence-corrected chi connectivity index (χ2v) is 5.45. The molecule has 5 heteroatoms. The maximum absolute atomic E-state index is 10.8. The third-order valence-corrected chi connectivity index (χ3v) is 4.29. The van der Waals surface area contributed by atoms with Crippen molar-refractivity contribution in [3.8, 4) is 5.75 Å². The number of hydrogen-bond donors (Lipinski definition) is 1. The van der Waals surface area contributed by atoms with Crippen LogP contribution in [0.2, 0.25) is 0 Å². The number of aromatic carboxylic acids is 1. The third-order valence-electron chi connectivity index (χ3n) is 3.04. The molecule has 1 heterocycles. The number of halogens is 1. The maximum Gasteiger partial charge on any atom is 0.371 e. The summed E-state index contributed by atoms with van der Waals surface area (Å²) < 4.78 is 11.9. The molecule has 106 valence electrons. The van der Waals surface area contributed by atoms with Crippen molar-refractivity contribution in [1.29, 1.82) is 0 Å². The fourth-order valence-electron chi connectivity index (χ4n) is 1.92. The Morgan fingerprint density at radius 2 is 1.85 bits per heavy atom. The normalized spacial score (nSPS) is 10.6. The van der Waals surface area contributed by atoms with Crippen LogP contribution >= 0.6 is 15.9 Å². The number of hydrogen-bond acceptors (Lipinski definition) is 3. The summed E-state index contributed by atoms with van der Waals surface area (Å²) in [5.74, 6) is 0.174. The van der Waals surface area contributed by atoms with Gasteiger partial charge in [0.1, 0.15) is 18.1 Å². The zero-order valence-corrected chi connectivity index (χ0v) is 13.1. The molecule has 2 aromatic rings. The lowest BCUT2D eigenvalue weighted by Gasteiger charge is -2.09. The van der Waals surface area contributed by atoms with E-state index in [-0.39, 0.29) is 12.4 Å². The standard InChI is InChI=1S/C15H15BrO4/c1-8-4-12(5-9(2)14(8)16)19-7-11-6-13(15(17)18)20-10(11)3/h4-6H,7H2,1-3H3,(H,17,18). The molecular formula is C15H15BrO4. The molecule has 1 aromatic heterocycles. The number of furan rings is 1. The van der Waals surface area contributed by atoms with Crippen molar-refractivity contribution in [2.45, 2.75) is 27.4 Å². The summed E-state index contributed by atoms with van der Waals surface area (Å²) in [4.78, 5) is 10.8. The van der Waals surface area contributed by atoms with Crippen molar-refractivity contribution in [2.75, 3.05) is 0 Å². The van der Waals surface area contributed by atoms with Gasteiger partial charge in [0, 0.05) is 10.0 Å². The highest BCUT2D eigenvalue weighted by Gasteiger charge is 2.13. The summed E-state index contributed by atoms with van der Waals surface area (Å²) in [5.41, 5.74) is 2.92. The highest BCUT2D eigenvalue weighted by molar-refractivity contribution is 9.10. The molecule has 0 spiro atoms. The van der Waals surface area contributed by atoms with E-state index in [9.17, 15) is 4.79 Å². The van der Waals surface area contributed by atoms with Crippen LogP contribution in [0.25, 0.3) is 0 Å². The molecule has 0 unspecified atom stereocenters. The molecule has 20 heavy (non-hydrogen) atoms. The summed E-state index contributed by atoms with van der Waals surface area (Å²) in [7, 11) is 0. The highest BCUT2D eigenvalue weighted by atomic mass is 79.9. The average Bonchev–Trinajstić information content (AvgIpc) is 2.75. The lowest BCUT2D eigenvalue weighted by Crippen LogP contribution is -1.97. The molecule has 2 rings (SSSR count). The van der Waals surface area contributed by atoms with Gasteiger partial charge in [0.25, 0.3) is 0 Å². The fraction of sp³-hybridized carbons (Fsp3) is 0.267. The van der Waals surface area contributed by atoms with Gasteiger partial charge in [0.2, 0.25) is 5.76 Å². The van der Waals surface area contributed by atoms with E-state index in [4.69, 9.17) is 14.3 Å². The molecule has 0 bridgehead atoms. The van der Waals surface area contributed by atoms with E-state index in [1.807, 2.05) is 26.0 Å². The summed E-state index contributed by atoms with van der Waals surface area (Å²) >= 11 is 3.50. The summed E-state index contributed by atoms with van der Waals surface area (Å²) in [5, 5.41) is 8.87. The monoisotopic (exact) mass is 338 g/mol. The van der Waals surface area contributed by atoms with Crippen LogP contribution in [0.3, 0.4) is 0 Å². The van der Waals surface area contributed by atoms with E-state index >= 15 is 0 Å². The lowest BCUT2D eigenvalue weighted by molar-refractivity contribution is 0.0661. The molecule has 0 saturated heterocycles. The Morgan fingerprint density at radius 1 is 1.25 bits per heavy atom. The Bertz CT molecular complexity index is 635. The van der Waals surface area contributed by atoms with Gasteiger partial charge in [-0.05, 0) is 50.1 Å². The minimum atomic E-state index is -1.07. The van der Waals surface area contributed by atoms with Crippen LogP contribution in [0.1, 0.15) is 33.0 Å². The van der Waals surface area contributed by atoms with Gasteiger partial charge in [0.15, 0.2) is 0 Å². The Kier molecular flexibility index (Phi) is 4.18.